The third-order valence-electron chi connectivity index (χ3n) is 2.02. The first-order chi connectivity index (χ1) is 10.5. The van der Waals surface area contributed by atoms with Gasteiger partial charge in [-0.15, -0.1) is 0 Å². The van der Waals surface area contributed by atoms with Gasteiger partial charge in [0.15, 0.2) is 0 Å². The number of hydrogen-bond acceptors (Lipinski definition) is 9. The molecular weight excluding hydrogens is 318 g/mol. The van der Waals surface area contributed by atoms with E-state index in [0.29, 0.717) is 12.1 Å². The topological polar surface area (TPSA) is 209 Å². The Kier molecular flexibility index (Phi) is 6.83. The molecule has 1 rings (SSSR count). The lowest BCUT2D eigenvalue weighted by Crippen LogP contribution is -2.18. The minimum Gasteiger partial charge on any atom is -0.497 e. The van der Waals surface area contributed by atoms with E-state index in [0.717, 1.165) is 0 Å². The molecule has 0 fully saturated rings. The first-order valence-corrected chi connectivity index (χ1v) is 5.78. The van der Waals surface area contributed by atoms with E-state index in [9.17, 15) is 30.3 Å². The molecule has 0 aromatic heterocycles. The van der Waals surface area contributed by atoms with Crippen molar-refractivity contribution in [2.45, 2.75) is 20.0 Å². The summed E-state index contributed by atoms with van der Waals surface area (Å²) < 4.78 is 4.61. The van der Waals surface area contributed by atoms with Crippen molar-refractivity contribution in [3.63, 3.8) is 0 Å². The summed E-state index contributed by atoms with van der Waals surface area (Å²) in [5.41, 5.74) is 1.85. The summed E-state index contributed by atoms with van der Waals surface area (Å²) in [6.45, 7) is 3.64. The van der Waals surface area contributed by atoms with Crippen LogP contribution in [0.25, 0.3) is 0 Å². The normalized spacial score (nSPS) is 9.52. The van der Waals surface area contributed by atoms with Gasteiger partial charge < -0.3 is 15.6 Å². The van der Waals surface area contributed by atoms with Gasteiger partial charge in [-0.25, -0.2) is 0 Å². The molecule has 0 saturated carbocycles. The molecule has 0 atom stereocenters. The number of ether oxygens (including phenoxy) is 1. The van der Waals surface area contributed by atoms with Crippen molar-refractivity contribution in [3.05, 3.63) is 42.5 Å². The van der Waals surface area contributed by atoms with E-state index < -0.39 is 37.6 Å². The summed E-state index contributed by atoms with van der Waals surface area (Å²) in [7, 11) is 0. The van der Waals surface area contributed by atoms with Crippen molar-refractivity contribution in [2.24, 2.45) is 5.73 Å². The van der Waals surface area contributed by atoms with Crippen LogP contribution in [0.5, 0.6) is 5.75 Å². The van der Waals surface area contributed by atoms with Crippen molar-refractivity contribution in [3.8, 4) is 5.75 Å². The van der Waals surface area contributed by atoms with Crippen molar-refractivity contribution in [1.82, 2.24) is 0 Å². The van der Waals surface area contributed by atoms with Crippen LogP contribution >= 0.6 is 0 Å². The zero-order valence-electron chi connectivity index (χ0n) is 12.0. The Morgan fingerprint density at radius 3 is 1.70 bits per heavy atom. The van der Waals surface area contributed by atoms with Gasteiger partial charge in [-0.2, -0.15) is 0 Å². The number of nitro groups is 3. The standard InChI is InChI=1S/C6H3N3O7.C4H10N2O/c10-6-4(8(13)14)1-3(7(11)12)2-5(6)9(15)16;1-3(2)7-4(5)6/h1-2,10H;3H,1-2H3,(H3,5,6). The maximum absolute atomic E-state index is 10.4. The second kappa shape index (κ2) is 8.06. The Balaban J connectivity index is 0.000000585. The number of benzene rings is 1. The number of nitrogens with one attached hydrogen (secondary N) is 1. The highest BCUT2D eigenvalue weighted by Crippen LogP contribution is 2.38. The zero-order chi connectivity index (χ0) is 18.3. The summed E-state index contributed by atoms with van der Waals surface area (Å²) in [5, 5.41) is 46.8. The fourth-order valence-corrected chi connectivity index (χ4v) is 1.23. The van der Waals surface area contributed by atoms with Gasteiger partial charge in [-0.1, -0.05) is 0 Å². The number of hydrogen-bond donors (Lipinski definition) is 3. The Hall–Kier alpha value is -3.51. The third-order valence-corrected chi connectivity index (χ3v) is 2.02. The first-order valence-electron chi connectivity index (χ1n) is 5.78. The van der Waals surface area contributed by atoms with E-state index in [1.54, 1.807) is 0 Å². The van der Waals surface area contributed by atoms with Crippen LogP contribution in [-0.4, -0.2) is 32.0 Å². The van der Waals surface area contributed by atoms with Crippen LogP contribution in [0.15, 0.2) is 12.1 Å². The molecule has 0 bridgehead atoms. The molecule has 0 spiro atoms. The minimum absolute atomic E-state index is 0.0255. The van der Waals surface area contributed by atoms with Crippen LogP contribution in [0.4, 0.5) is 17.1 Å². The zero-order valence-corrected chi connectivity index (χ0v) is 12.0. The molecule has 126 valence electrons. The van der Waals surface area contributed by atoms with E-state index >= 15 is 0 Å². The fourth-order valence-electron chi connectivity index (χ4n) is 1.23. The van der Waals surface area contributed by atoms with Gasteiger partial charge in [0.05, 0.1) is 33.0 Å². The number of rotatable bonds is 4. The summed E-state index contributed by atoms with van der Waals surface area (Å²) in [5.74, 6) is -1.21. The summed E-state index contributed by atoms with van der Waals surface area (Å²) in [4.78, 5) is 27.8. The van der Waals surface area contributed by atoms with E-state index in [1.165, 1.54) is 0 Å². The average molecular weight is 331 g/mol. The monoisotopic (exact) mass is 331 g/mol. The van der Waals surface area contributed by atoms with E-state index in [-0.39, 0.29) is 12.1 Å². The van der Waals surface area contributed by atoms with Crippen LogP contribution in [0.1, 0.15) is 13.8 Å². The van der Waals surface area contributed by atoms with Crippen LogP contribution in [0.2, 0.25) is 0 Å². The van der Waals surface area contributed by atoms with E-state index in [1.807, 2.05) is 13.8 Å². The Morgan fingerprint density at radius 2 is 1.52 bits per heavy atom. The largest absolute Gasteiger partial charge is 0.497 e. The Morgan fingerprint density at radius 1 is 1.13 bits per heavy atom. The average Bonchev–Trinajstić information content (AvgIpc) is 2.36. The van der Waals surface area contributed by atoms with E-state index in [2.05, 4.69) is 4.74 Å². The Labute approximate surface area is 128 Å². The van der Waals surface area contributed by atoms with E-state index in [4.69, 9.17) is 16.2 Å². The van der Waals surface area contributed by atoms with Crippen LogP contribution in [0.3, 0.4) is 0 Å². The molecule has 13 heteroatoms. The molecule has 0 unspecified atom stereocenters. The van der Waals surface area contributed by atoms with Gasteiger partial charge in [0.25, 0.3) is 17.5 Å². The summed E-state index contributed by atoms with van der Waals surface area (Å²) in [6.07, 6.45) is 0.0255. The molecule has 0 aliphatic carbocycles. The highest BCUT2D eigenvalue weighted by molar-refractivity contribution is 5.67. The maximum Gasteiger partial charge on any atom is 0.324 e. The van der Waals surface area contributed by atoms with Gasteiger partial charge in [0.2, 0.25) is 0 Å². The number of non-ortho nitro benzene ring substituents is 1. The molecule has 0 aliphatic heterocycles. The lowest BCUT2D eigenvalue weighted by atomic mass is 10.2. The van der Waals surface area contributed by atoms with Crippen LogP contribution < -0.4 is 5.73 Å². The second-order valence-corrected chi connectivity index (χ2v) is 4.13. The van der Waals surface area contributed by atoms with Gasteiger partial charge in [0.1, 0.15) is 0 Å². The number of aromatic hydroxyl groups is 1. The predicted octanol–water partition coefficient (Wildman–Crippen LogP) is 1.42. The van der Waals surface area contributed by atoms with Gasteiger partial charge in [-0.3, -0.25) is 35.8 Å². The lowest BCUT2D eigenvalue weighted by molar-refractivity contribution is -0.404. The van der Waals surface area contributed by atoms with Crippen molar-refractivity contribution < 1.29 is 24.6 Å². The first kappa shape index (κ1) is 19.5. The fraction of sp³-hybridized carbons (Fsp3) is 0.300. The quantitative estimate of drug-likeness (QED) is 0.314. The highest BCUT2D eigenvalue weighted by atomic mass is 16.6. The molecule has 13 nitrogen and oxygen atoms in total. The van der Waals surface area contributed by atoms with Crippen LogP contribution in [-0.2, 0) is 4.74 Å². The molecule has 4 N–H and O–H groups in total. The second-order valence-electron chi connectivity index (χ2n) is 4.13. The Bertz CT molecular complexity index is 609. The summed E-state index contributed by atoms with van der Waals surface area (Å²) in [6, 6.07) is 0.681. The molecule has 1 aromatic rings. The van der Waals surface area contributed by atoms with Crippen molar-refractivity contribution in [1.29, 1.82) is 5.41 Å². The molecular formula is C10H13N5O8. The van der Waals surface area contributed by atoms with Crippen molar-refractivity contribution in [2.75, 3.05) is 0 Å². The summed E-state index contributed by atoms with van der Waals surface area (Å²) >= 11 is 0. The lowest BCUT2D eigenvalue weighted by Gasteiger charge is -2.04. The number of nitro benzene ring substituents is 3. The highest BCUT2D eigenvalue weighted by Gasteiger charge is 2.30. The van der Waals surface area contributed by atoms with Gasteiger partial charge in [-0.05, 0) is 13.8 Å². The number of amidine groups is 1. The molecule has 23 heavy (non-hydrogen) atoms. The smallest absolute Gasteiger partial charge is 0.324 e. The molecule has 0 amide bonds. The molecule has 1 aromatic carbocycles. The van der Waals surface area contributed by atoms with Crippen LogP contribution in [0, 0.1) is 35.8 Å². The number of phenolic OH excluding ortho intramolecular Hbond substituents is 1. The van der Waals surface area contributed by atoms with Gasteiger partial charge >= 0.3 is 11.4 Å². The number of phenols is 1. The number of nitrogens with zero attached hydrogens (tertiary/aromatic N) is 3. The van der Waals surface area contributed by atoms with Crippen molar-refractivity contribution >= 4 is 23.1 Å². The number of nitrogens with two attached hydrogens (primary N) is 1. The molecule has 0 radical (unpaired) electrons. The maximum atomic E-state index is 10.4. The van der Waals surface area contributed by atoms with Gasteiger partial charge in [0, 0.05) is 0 Å². The predicted molar refractivity (Wildman–Crippen MR) is 76.2 cm³/mol. The molecule has 0 aliphatic rings. The minimum atomic E-state index is -1.21. The molecule has 0 saturated heterocycles. The SMILES string of the molecule is CC(C)OC(=N)N.O=[N+]([O-])c1cc([N+](=O)[O-])c(O)c([N+](=O)[O-])c1. The third kappa shape index (κ3) is 6.19. The molecule has 0 heterocycles.